The molecule has 1 saturated heterocycles. The number of hydrogen-bond donors (Lipinski definition) is 1. The van der Waals surface area contributed by atoms with Crippen molar-refractivity contribution in [1.82, 2.24) is 4.90 Å². The van der Waals surface area contributed by atoms with Gasteiger partial charge in [0.25, 0.3) is 0 Å². The highest BCUT2D eigenvalue weighted by atomic mass is 28.3. The molecule has 1 fully saturated rings. The number of amides is 2. The Balaban J connectivity index is 1.88. The highest BCUT2D eigenvalue weighted by Gasteiger charge is 2.44. The number of rotatable bonds is 4. The number of carbonyl (C=O) groups excluding carboxylic acids is 2. The van der Waals surface area contributed by atoms with Crippen LogP contribution < -0.4 is 10.5 Å². The highest BCUT2D eigenvalue weighted by Crippen LogP contribution is 2.34. The molecule has 2 aromatic carbocycles. The maximum atomic E-state index is 13.9. The fourth-order valence-electron chi connectivity index (χ4n) is 3.53. The summed E-state index contributed by atoms with van der Waals surface area (Å²) in [5.41, 5.74) is 0.625. The number of carbonyl (C=O) groups is 2. The fourth-order valence-corrected chi connectivity index (χ4v) is 4.70. The Bertz CT molecular complexity index is 910. The van der Waals surface area contributed by atoms with Crippen LogP contribution in [0.5, 0.6) is 0 Å². The molecular formula is C21H24F2N2O2Si. The predicted molar refractivity (Wildman–Crippen MR) is 108 cm³/mol. The van der Waals surface area contributed by atoms with E-state index in [4.69, 9.17) is 0 Å². The lowest BCUT2D eigenvalue weighted by molar-refractivity contribution is -0.135. The molecule has 1 heterocycles. The molecule has 0 spiro atoms. The van der Waals surface area contributed by atoms with E-state index in [1.54, 1.807) is 7.05 Å². The Hall–Kier alpha value is -2.54. The first-order chi connectivity index (χ1) is 13.1. The second-order valence-electron chi connectivity index (χ2n) is 8.27. The topological polar surface area (TPSA) is 49.4 Å². The summed E-state index contributed by atoms with van der Waals surface area (Å²) in [6, 6.07) is 11.6. The van der Waals surface area contributed by atoms with Crippen molar-refractivity contribution >= 4 is 30.8 Å². The van der Waals surface area contributed by atoms with Crippen LogP contribution in [-0.2, 0) is 9.59 Å². The second-order valence-corrected chi connectivity index (χ2v) is 13.3. The molecule has 0 bridgehead atoms. The van der Waals surface area contributed by atoms with E-state index in [0.29, 0.717) is 6.54 Å². The van der Waals surface area contributed by atoms with Crippen LogP contribution in [-0.4, -0.2) is 38.4 Å². The average molecular weight is 403 g/mol. The van der Waals surface area contributed by atoms with Gasteiger partial charge in [0.1, 0.15) is 5.92 Å². The molecular weight excluding hydrogens is 378 g/mol. The van der Waals surface area contributed by atoms with Crippen molar-refractivity contribution in [3.8, 4) is 0 Å². The predicted octanol–water partition coefficient (Wildman–Crippen LogP) is 3.32. The van der Waals surface area contributed by atoms with Crippen molar-refractivity contribution < 1.29 is 18.4 Å². The normalized spacial score (nSPS) is 19.8. The highest BCUT2D eigenvalue weighted by molar-refractivity contribution is 6.88. The molecule has 4 nitrogen and oxygen atoms in total. The molecule has 2 atom stereocenters. The van der Waals surface area contributed by atoms with Gasteiger partial charge < -0.3 is 10.2 Å². The molecule has 1 aliphatic rings. The number of hydrogen-bond acceptors (Lipinski definition) is 2. The molecule has 0 saturated carbocycles. The standard InChI is InChI=1S/C21H24F2N2O2Si/c1-25-12-15(13-8-10-14(11-9-13)28(2,3)4)18(21(25)27)20(26)24-17-7-5-6-16(22)19(17)23/h5-11,15,18H,12H2,1-4H3,(H,24,26)/t15-,18+/m1/s1. The summed E-state index contributed by atoms with van der Waals surface area (Å²) >= 11 is 0. The lowest BCUT2D eigenvalue weighted by Crippen LogP contribution is -2.37. The van der Waals surface area contributed by atoms with Gasteiger partial charge in [0.05, 0.1) is 13.8 Å². The largest absolute Gasteiger partial charge is 0.344 e. The van der Waals surface area contributed by atoms with Crippen LogP contribution in [0.1, 0.15) is 11.5 Å². The molecule has 28 heavy (non-hydrogen) atoms. The minimum Gasteiger partial charge on any atom is -0.344 e. The van der Waals surface area contributed by atoms with Crippen molar-refractivity contribution in [2.75, 3.05) is 18.9 Å². The van der Waals surface area contributed by atoms with Gasteiger partial charge in [0.2, 0.25) is 11.8 Å². The van der Waals surface area contributed by atoms with Gasteiger partial charge in [0, 0.05) is 19.5 Å². The van der Waals surface area contributed by atoms with Crippen molar-refractivity contribution in [2.45, 2.75) is 25.6 Å². The lowest BCUT2D eigenvalue weighted by Gasteiger charge is -2.20. The quantitative estimate of drug-likeness (QED) is 0.630. The minimum absolute atomic E-state index is 0.264. The summed E-state index contributed by atoms with van der Waals surface area (Å²) in [6.07, 6.45) is 0. The van der Waals surface area contributed by atoms with Crippen molar-refractivity contribution in [3.05, 3.63) is 59.7 Å². The van der Waals surface area contributed by atoms with Gasteiger partial charge in [-0.05, 0) is 17.7 Å². The zero-order chi connectivity index (χ0) is 20.6. The summed E-state index contributed by atoms with van der Waals surface area (Å²) in [6.45, 7) is 7.14. The van der Waals surface area contributed by atoms with Gasteiger partial charge in [-0.1, -0.05) is 55.2 Å². The summed E-state index contributed by atoms with van der Waals surface area (Å²) in [5, 5.41) is 3.67. The first-order valence-corrected chi connectivity index (χ1v) is 12.7. The minimum atomic E-state index is -1.46. The average Bonchev–Trinajstić information content (AvgIpc) is 2.93. The molecule has 7 heteroatoms. The fraction of sp³-hybridized carbons (Fsp3) is 0.333. The lowest BCUT2D eigenvalue weighted by atomic mass is 9.88. The smallest absolute Gasteiger partial charge is 0.237 e. The Morgan fingerprint density at radius 2 is 1.75 bits per heavy atom. The van der Waals surface area contributed by atoms with Crippen molar-refractivity contribution in [2.24, 2.45) is 5.92 Å². The van der Waals surface area contributed by atoms with E-state index >= 15 is 0 Å². The third kappa shape index (κ3) is 3.85. The molecule has 0 unspecified atom stereocenters. The van der Waals surface area contributed by atoms with Crippen LogP contribution in [0.25, 0.3) is 0 Å². The SMILES string of the molecule is CN1C[C@H](c2ccc([Si](C)(C)C)cc2)[C@@H](C(=O)Nc2cccc(F)c2F)C1=O. The number of nitrogens with one attached hydrogen (secondary N) is 1. The zero-order valence-electron chi connectivity index (χ0n) is 16.4. The third-order valence-corrected chi connectivity index (χ3v) is 7.28. The van der Waals surface area contributed by atoms with Crippen LogP contribution in [0.3, 0.4) is 0 Å². The first kappa shape index (κ1) is 20.2. The van der Waals surface area contributed by atoms with E-state index < -0.39 is 31.5 Å². The maximum absolute atomic E-state index is 13.9. The van der Waals surface area contributed by atoms with Gasteiger partial charge in [-0.3, -0.25) is 9.59 Å². The number of benzene rings is 2. The molecule has 1 aliphatic heterocycles. The number of halogens is 2. The van der Waals surface area contributed by atoms with Crippen LogP contribution >= 0.6 is 0 Å². The first-order valence-electron chi connectivity index (χ1n) is 9.20. The summed E-state index contributed by atoms with van der Waals surface area (Å²) in [7, 11) is 0.183. The molecule has 1 N–H and O–H groups in total. The molecule has 0 aromatic heterocycles. The molecule has 0 aliphatic carbocycles. The van der Waals surface area contributed by atoms with E-state index in [9.17, 15) is 18.4 Å². The third-order valence-electron chi connectivity index (χ3n) is 5.21. The molecule has 148 valence electrons. The van der Waals surface area contributed by atoms with Crippen molar-refractivity contribution in [1.29, 1.82) is 0 Å². The Kier molecular flexibility index (Phi) is 5.39. The van der Waals surface area contributed by atoms with Gasteiger partial charge >= 0.3 is 0 Å². The number of likely N-dealkylation sites (N-methyl/N-ethyl adjacent to an activating group) is 1. The Morgan fingerprint density at radius 3 is 2.36 bits per heavy atom. The van der Waals surface area contributed by atoms with Crippen LogP contribution in [0.2, 0.25) is 19.6 Å². The second kappa shape index (κ2) is 7.47. The summed E-state index contributed by atoms with van der Waals surface area (Å²) in [5.74, 6) is -4.46. The van der Waals surface area contributed by atoms with Gasteiger partial charge in [-0.25, -0.2) is 8.78 Å². The molecule has 2 amide bonds. The van der Waals surface area contributed by atoms with E-state index in [1.807, 2.05) is 12.1 Å². The monoisotopic (exact) mass is 402 g/mol. The maximum Gasteiger partial charge on any atom is 0.237 e. The molecule has 3 rings (SSSR count). The van der Waals surface area contributed by atoms with Crippen LogP contribution in [0.15, 0.2) is 42.5 Å². The van der Waals surface area contributed by atoms with Gasteiger partial charge in [-0.15, -0.1) is 0 Å². The summed E-state index contributed by atoms with van der Waals surface area (Å²) in [4.78, 5) is 26.9. The van der Waals surface area contributed by atoms with E-state index in [1.165, 1.54) is 22.2 Å². The van der Waals surface area contributed by atoms with Gasteiger partial charge in [0.15, 0.2) is 11.6 Å². The number of likely N-dealkylation sites (tertiary alicyclic amines) is 1. The molecule has 2 aromatic rings. The van der Waals surface area contributed by atoms with E-state index in [2.05, 4.69) is 37.1 Å². The van der Waals surface area contributed by atoms with E-state index in [0.717, 1.165) is 11.6 Å². The molecule has 0 radical (unpaired) electrons. The summed E-state index contributed by atoms with van der Waals surface area (Å²) < 4.78 is 27.3. The Labute approximate surface area is 164 Å². The number of anilines is 1. The van der Waals surface area contributed by atoms with Crippen LogP contribution in [0.4, 0.5) is 14.5 Å². The van der Waals surface area contributed by atoms with Gasteiger partial charge in [-0.2, -0.15) is 0 Å². The Morgan fingerprint density at radius 1 is 1.11 bits per heavy atom. The van der Waals surface area contributed by atoms with E-state index in [-0.39, 0.29) is 17.5 Å². The number of nitrogens with zero attached hydrogens (tertiary/aromatic N) is 1. The van der Waals surface area contributed by atoms with Crippen molar-refractivity contribution in [3.63, 3.8) is 0 Å². The van der Waals surface area contributed by atoms with Crippen LogP contribution in [0, 0.1) is 17.6 Å². The zero-order valence-corrected chi connectivity index (χ0v) is 17.4.